The molecule has 0 aliphatic rings. The molecule has 9 heteroatoms. The molecule has 2 unspecified atom stereocenters. The van der Waals surface area contributed by atoms with E-state index in [4.69, 9.17) is 11.6 Å². The summed E-state index contributed by atoms with van der Waals surface area (Å²) in [5.41, 5.74) is -0.535. The molecule has 0 amide bonds. The van der Waals surface area contributed by atoms with Gasteiger partial charge < -0.3 is 14.9 Å². The molecule has 0 aromatic carbocycles. The number of aliphatic hydroxyl groups excluding tert-OH is 2. The van der Waals surface area contributed by atoms with Crippen molar-refractivity contribution >= 4 is 23.3 Å². The summed E-state index contributed by atoms with van der Waals surface area (Å²) in [6, 6.07) is 0. The third kappa shape index (κ3) is 3.21. The van der Waals surface area contributed by atoms with E-state index in [-0.39, 0.29) is 22.9 Å². The minimum absolute atomic E-state index is 0.0193. The molecule has 1 aromatic rings. The van der Waals surface area contributed by atoms with Crippen LogP contribution in [0.25, 0.3) is 0 Å². The second-order valence-corrected chi connectivity index (χ2v) is 4.23. The molecule has 8 nitrogen and oxygen atoms in total. The lowest BCUT2D eigenvalue weighted by molar-refractivity contribution is -0.385. The lowest BCUT2D eigenvalue weighted by Crippen LogP contribution is -2.30. The first-order valence-corrected chi connectivity index (χ1v) is 6.01. The fraction of sp³-hybridized carbons (Fsp3) is 0.455. The molecule has 0 bridgehead atoms. The molecule has 0 saturated carbocycles. The standard InChI is InChI=1S/C11H13ClN2O6/c1-3-20-11(17)9(16)8(15)6-4-13-10(12)7(5(6)2)14(18)19/h4,8-9,15-16H,3H2,1-2H3. The van der Waals surface area contributed by atoms with Gasteiger partial charge in [0.05, 0.1) is 11.5 Å². The molecule has 20 heavy (non-hydrogen) atoms. The van der Waals surface area contributed by atoms with Gasteiger partial charge in [0.1, 0.15) is 6.10 Å². The van der Waals surface area contributed by atoms with Crippen molar-refractivity contribution in [1.82, 2.24) is 4.98 Å². The Hall–Kier alpha value is -1.77. The highest BCUT2D eigenvalue weighted by atomic mass is 35.5. The number of halogens is 1. The van der Waals surface area contributed by atoms with E-state index in [9.17, 15) is 25.1 Å². The van der Waals surface area contributed by atoms with Gasteiger partial charge in [0, 0.05) is 17.3 Å². The fourth-order valence-corrected chi connectivity index (χ4v) is 1.87. The van der Waals surface area contributed by atoms with Crippen LogP contribution in [-0.4, -0.2) is 38.8 Å². The Balaban J connectivity index is 3.17. The molecule has 0 spiro atoms. The molecule has 1 heterocycles. The Morgan fingerprint density at radius 1 is 1.60 bits per heavy atom. The first-order valence-electron chi connectivity index (χ1n) is 5.63. The zero-order chi connectivity index (χ0) is 15.4. The SMILES string of the molecule is CCOC(=O)C(O)C(O)c1cnc(Cl)c([N+](=O)[O-])c1C. The first kappa shape index (κ1) is 16.3. The molecule has 1 rings (SSSR count). The van der Waals surface area contributed by atoms with Crippen molar-refractivity contribution < 1.29 is 24.7 Å². The van der Waals surface area contributed by atoms with Crippen molar-refractivity contribution in [3.63, 3.8) is 0 Å². The number of ether oxygens (including phenoxy) is 1. The van der Waals surface area contributed by atoms with E-state index in [1.165, 1.54) is 13.8 Å². The van der Waals surface area contributed by atoms with Gasteiger partial charge in [0.15, 0.2) is 6.10 Å². The van der Waals surface area contributed by atoms with Gasteiger partial charge in [-0.15, -0.1) is 0 Å². The maximum absolute atomic E-state index is 11.3. The van der Waals surface area contributed by atoms with Crippen molar-refractivity contribution in [2.24, 2.45) is 0 Å². The van der Waals surface area contributed by atoms with Crippen LogP contribution in [0.1, 0.15) is 24.2 Å². The van der Waals surface area contributed by atoms with E-state index < -0.39 is 28.8 Å². The highest BCUT2D eigenvalue weighted by Crippen LogP contribution is 2.32. The lowest BCUT2D eigenvalue weighted by Gasteiger charge is -2.18. The molecule has 110 valence electrons. The molecule has 0 radical (unpaired) electrons. The maximum Gasteiger partial charge on any atom is 0.338 e. The van der Waals surface area contributed by atoms with Crippen LogP contribution in [0.5, 0.6) is 0 Å². The van der Waals surface area contributed by atoms with E-state index in [0.29, 0.717) is 0 Å². The van der Waals surface area contributed by atoms with Gasteiger partial charge in [-0.2, -0.15) is 0 Å². The topological polar surface area (TPSA) is 123 Å². The summed E-state index contributed by atoms with van der Waals surface area (Å²) >= 11 is 5.60. The average molecular weight is 305 g/mol. The normalized spacial score (nSPS) is 13.7. The van der Waals surface area contributed by atoms with E-state index >= 15 is 0 Å². The van der Waals surface area contributed by atoms with Gasteiger partial charge in [0.2, 0.25) is 5.15 Å². The van der Waals surface area contributed by atoms with Crippen LogP contribution in [0.3, 0.4) is 0 Å². The number of carbonyl (C=O) groups excluding carboxylic acids is 1. The van der Waals surface area contributed by atoms with E-state index in [2.05, 4.69) is 9.72 Å². The maximum atomic E-state index is 11.3. The second-order valence-electron chi connectivity index (χ2n) is 3.88. The summed E-state index contributed by atoms with van der Waals surface area (Å²) in [6.45, 7) is 2.90. The van der Waals surface area contributed by atoms with Crippen molar-refractivity contribution in [3.05, 3.63) is 32.6 Å². The van der Waals surface area contributed by atoms with Gasteiger partial charge >= 0.3 is 11.7 Å². The number of nitro groups is 1. The largest absolute Gasteiger partial charge is 0.464 e. The van der Waals surface area contributed by atoms with Crippen LogP contribution in [0.4, 0.5) is 5.69 Å². The monoisotopic (exact) mass is 304 g/mol. The van der Waals surface area contributed by atoms with Crippen LogP contribution in [0, 0.1) is 17.0 Å². The van der Waals surface area contributed by atoms with Crippen LogP contribution < -0.4 is 0 Å². The molecule has 0 saturated heterocycles. The van der Waals surface area contributed by atoms with Crippen LogP contribution >= 0.6 is 11.6 Å². The predicted molar refractivity (Wildman–Crippen MR) is 68.2 cm³/mol. The summed E-state index contributed by atoms with van der Waals surface area (Å²) in [6.07, 6.45) is -2.49. The first-order chi connectivity index (χ1) is 9.31. The summed E-state index contributed by atoms with van der Waals surface area (Å²) in [4.78, 5) is 25.0. The van der Waals surface area contributed by atoms with Crippen molar-refractivity contribution in [2.45, 2.75) is 26.1 Å². The molecule has 0 fully saturated rings. The molecule has 2 atom stereocenters. The second kappa shape index (κ2) is 6.60. The number of carbonyl (C=O) groups is 1. The van der Waals surface area contributed by atoms with Gasteiger partial charge in [-0.25, -0.2) is 9.78 Å². The van der Waals surface area contributed by atoms with Crippen LogP contribution in [0.15, 0.2) is 6.20 Å². The molecule has 2 N–H and O–H groups in total. The lowest BCUT2D eigenvalue weighted by atomic mass is 10.0. The van der Waals surface area contributed by atoms with E-state index in [1.807, 2.05) is 0 Å². The van der Waals surface area contributed by atoms with Crippen LogP contribution in [-0.2, 0) is 9.53 Å². The third-order valence-electron chi connectivity index (χ3n) is 2.63. The summed E-state index contributed by atoms with van der Waals surface area (Å²) in [7, 11) is 0. The third-order valence-corrected chi connectivity index (χ3v) is 2.91. The van der Waals surface area contributed by atoms with Gasteiger partial charge in [-0.1, -0.05) is 11.6 Å². The van der Waals surface area contributed by atoms with Gasteiger partial charge in [-0.05, 0) is 13.8 Å². The van der Waals surface area contributed by atoms with Gasteiger partial charge in [0.25, 0.3) is 0 Å². The number of hydrogen-bond donors (Lipinski definition) is 2. The number of hydrogen-bond acceptors (Lipinski definition) is 7. The van der Waals surface area contributed by atoms with Crippen molar-refractivity contribution in [2.75, 3.05) is 6.61 Å². The smallest absolute Gasteiger partial charge is 0.338 e. The van der Waals surface area contributed by atoms with E-state index in [0.717, 1.165) is 6.20 Å². The number of pyridine rings is 1. The van der Waals surface area contributed by atoms with Crippen molar-refractivity contribution in [3.8, 4) is 0 Å². The highest BCUT2D eigenvalue weighted by Gasteiger charge is 2.31. The zero-order valence-corrected chi connectivity index (χ0v) is 11.5. The minimum Gasteiger partial charge on any atom is -0.464 e. The molecular weight excluding hydrogens is 292 g/mol. The number of nitrogens with zero attached hydrogens (tertiary/aromatic N) is 2. The Morgan fingerprint density at radius 3 is 2.70 bits per heavy atom. The number of rotatable bonds is 5. The zero-order valence-electron chi connectivity index (χ0n) is 10.7. The Morgan fingerprint density at radius 2 is 2.20 bits per heavy atom. The van der Waals surface area contributed by atoms with Gasteiger partial charge in [-0.3, -0.25) is 10.1 Å². The van der Waals surface area contributed by atoms with Crippen molar-refractivity contribution in [1.29, 1.82) is 0 Å². The average Bonchev–Trinajstić information content (AvgIpc) is 2.37. The minimum atomic E-state index is -1.86. The predicted octanol–water partition coefficient (Wildman–Crippen LogP) is 0.909. The molecule has 1 aromatic heterocycles. The fourth-order valence-electron chi connectivity index (χ4n) is 1.61. The summed E-state index contributed by atoms with van der Waals surface area (Å²) in [5.74, 6) is -1.03. The van der Waals surface area contributed by atoms with E-state index in [1.54, 1.807) is 0 Å². The number of esters is 1. The molecule has 0 aliphatic carbocycles. The Kier molecular flexibility index (Phi) is 5.37. The molecule has 0 aliphatic heterocycles. The quantitative estimate of drug-likeness (QED) is 0.358. The molecular formula is C11H13ClN2O6. The summed E-state index contributed by atoms with van der Waals surface area (Å²) in [5, 5.41) is 30.1. The van der Waals surface area contributed by atoms with Crippen LogP contribution in [0.2, 0.25) is 5.15 Å². The Labute approximate surface area is 119 Å². The highest BCUT2D eigenvalue weighted by molar-refractivity contribution is 6.31. The number of aliphatic hydroxyl groups is 2. The Bertz CT molecular complexity index is 536. The summed E-state index contributed by atoms with van der Waals surface area (Å²) < 4.78 is 4.56. The number of aromatic nitrogens is 1.